The Balaban J connectivity index is 1.77. The third kappa shape index (κ3) is 2.19. The molecule has 26 heavy (non-hydrogen) atoms. The van der Waals surface area contributed by atoms with Crippen molar-refractivity contribution < 1.29 is 13.6 Å². The molecule has 132 valence electrons. The van der Waals surface area contributed by atoms with E-state index < -0.39 is 17.6 Å². The van der Waals surface area contributed by atoms with E-state index in [1.54, 1.807) is 6.20 Å². The molecule has 0 bridgehead atoms. The second-order valence-electron chi connectivity index (χ2n) is 7.06. The Kier molecular flexibility index (Phi) is 3.38. The van der Waals surface area contributed by atoms with Crippen molar-refractivity contribution in [3.63, 3.8) is 0 Å². The van der Waals surface area contributed by atoms with Gasteiger partial charge in [0.15, 0.2) is 11.4 Å². The third-order valence-electron chi connectivity index (χ3n) is 5.54. The second-order valence-corrected chi connectivity index (χ2v) is 7.06. The van der Waals surface area contributed by atoms with Crippen LogP contribution < -0.4 is 0 Å². The van der Waals surface area contributed by atoms with Crippen LogP contribution in [0.4, 0.5) is 8.78 Å². The SMILES string of the molecule is O=C1Cc2c(F)cc(F)cc2C1c1c2cncnc2nn1C1CCCC1. The molecule has 5 rings (SSSR count). The van der Waals surface area contributed by atoms with Gasteiger partial charge in [-0.2, -0.15) is 5.10 Å². The van der Waals surface area contributed by atoms with Crippen molar-refractivity contribution in [3.8, 4) is 0 Å². The number of hydrogen-bond donors (Lipinski definition) is 0. The zero-order chi connectivity index (χ0) is 17.8. The van der Waals surface area contributed by atoms with Gasteiger partial charge in [0.05, 0.1) is 23.0 Å². The summed E-state index contributed by atoms with van der Waals surface area (Å²) in [7, 11) is 0. The molecular formula is C19H16F2N4O. The van der Waals surface area contributed by atoms with Crippen molar-refractivity contribution in [1.29, 1.82) is 0 Å². The summed E-state index contributed by atoms with van der Waals surface area (Å²) in [5.41, 5.74) is 1.87. The lowest BCUT2D eigenvalue weighted by atomic mass is 9.94. The first-order chi connectivity index (χ1) is 12.6. The quantitative estimate of drug-likeness (QED) is 0.707. The monoisotopic (exact) mass is 354 g/mol. The summed E-state index contributed by atoms with van der Waals surface area (Å²) in [6.07, 6.45) is 7.17. The van der Waals surface area contributed by atoms with Crippen molar-refractivity contribution >= 4 is 16.8 Å². The first-order valence-electron chi connectivity index (χ1n) is 8.82. The van der Waals surface area contributed by atoms with E-state index in [2.05, 4.69) is 15.1 Å². The van der Waals surface area contributed by atoms with Crippen LogP contribution in [0.5, 0.6) is 0 Å². The van der Waals surface area contributed by atoms with E-state index >= 15 is 0 Å². The van der Waals surface area contributed by atoms with Gasteiger partial charge in [-0.15, -0.1) is 0 Å². The van der Waals surface area contributed by atoms with Gasteiger partial charge >= 0.3 is 0 Å². The smallest absolute Gasteiger partial charge is 0.184 e. The summed E-state index contributed by atoms with van der Waals surface area (Å²) in [6, 6.07) is 2.29. The molecule has 2 heterocycles. The van der Waals surface area contributed by atoms with E-state index in [4.69, 9.17) is 0 Å². The van der Waals surface area contributed by atoms with E-state index in [1.165, 1.54) is 12.4 Å². The van der Waals surface area contributed by atoms with Crippen molar-refractivity contribution in [3.05, 3.63) is 53.1 Å². The third-order valence-corrected chi connectivity index (χ3v) is 5.54. The summed E-state index contributed by atoms with van der Waals surface area (Å²) in [6.45, 7) is 0. The number of ketones is 1. The van der Waals surface area contributed by atoms with Crippen LogP contribution >= 0.6 is 0 Å². The molecule has 0 spiro atoms. The Labute approximate surface area is 148 Å². The minimum Gasteiger partial charge on any atom is -0.298 e. The molecule has 1 unspecified atom stereocenters. The summed E-state index contributed by atoms with van der Waals surface area (Å²) in [5, 5.41) is 5.29. The van der Waals surface area contributed by atoms with Gasteiger partial charge in [-0.25, -0.2) is 18.7 Å². The molecule has 0 aliphatic heterocycles. The van der Waals surface area contributed by atoms with Crippen LogP contribution in [0.3, 0.4) is 0 Å². The van der Waals surface area contributed by atoms with E-state index in [-0.39, 0.29) is 23.8 Å². The second kappa shape index (κ2) is 5.65. The molecule has 2 aromatic heterocycles. The molecule has 7 heteroatoms. The fourth-order valence-electron chi connectivity index (χ4n) is 4.39. The zero-order valence-corrected chi connectivity index (χ0v) is 14.0. The van der Waals surface area contributed by atoms with Crippen LogP contribution in [0.2, 0.25) is 0 Å². The van der Waals surface area contributed by atoms with E-state index in [0.29, 0.717) is 22.3 Å². The number of rotatable bonds is 2. The highest BCUT2D eigenvalue weighted by molar-refractivity contribution is 5.98. The van der Waals surface area contributed by atoms with E-state index in [1.807, 2.05) is 4.68 Å². The van der Waals surface area contributed by atoms with Gasteiger partial charge < -0.3 is 0 Å². The van der Waals surface area contributed by atoms with Gasteiger partial charge in [-0.05, 0) is 30.0 Å². The summed E-state index contributed by atoms with van der Waals surface area (Å²) >= 11 is 0. The maximum Gasteiger partial charge on any atom is 0.184 e. The highest BCUT2D eigenvalue weighted by Gasteiger charge is 2.39. The number of fused-ring (bicyclic) bond motifs is 2. The fourth-order valence-corrected chi connectivity index (χ4v) is 4.39. The average molecular weight is 354 g/mol. The summed E-state index contributed by atoms with van der Waals surface area (Å²) in [5.74, 6) is -2.21. The number of nitrogens with zero attached hydrogens (tertiary/aromatic N) is 4. The van der Waals surface area contributed by atoms with E-state index in [9.17, 15) is 13.6 Å². The Morgan fingerprint density at radius 2 is 1.96 bits per heavy atom. The topological polar surface area (TPSA) is 60.7 Å². The molecule has 1 aromatic carbocycles. The Morgan fingerprint density at radius 1 is 1.15 bits per heavy atom. The minimum atomic E-state index is -0.730. The van der Waals surface area contributed by atoms with Crippen LogP contribution in [0.25, 0.3) is 11.0 Å². The number of benzene rings is 1. The minimum absolute atomic E-state index is 0.0306. The predicted octanol–water partition coefficient (Wildman–Crippen LogP) is 3.48. The van der Waals surface area contributed by atoms with Gasteiger partial charge in [0, 0.05) is 18.7 Å². The molecule has 2 aliphatic rings. The molecule has 0 radical (unpaired) electrons. The number of Topliss-reactive ketones (excluding diaryl/α,β-unsaturated/α-hetero) is 1. The number of carbonyl (C=O) groups is 1. The number of hydrogen-bond acceptors (Lipinski definition) is 4. The standard InChI is InChI=1S/C19H16F2N4O/c20-10-5-13-12(15(21)6-10)7-16(26)17(13)18-14-8-22-9-23-19(14)24-25(18)11-3-1-2-4-11/h5-6,8-9,11,17H,1-4,7H2. The molecule has 1 atom stereocenters. The van der Waals surface area contributed by atoms with Crippen molar-refractivity contribution in [1.82, 2.24) is 19.7 Å². The first kappa shape index (κ1) is 15.5. The molecular weight excluding hydrogens is 338 g/mol. The van der Waals surface area contributed by atoms with Crippen molar-refractivity contribution in [2.75, 3.05) is 0 Å². The largest absolute Gasteiger partial charge is 0.298 e. The lowest BCUT2D eigenvalue weighted by Crippen LogP contribution is -2.17. The predicted molar refractivity (Wildman–Crippen MR) is 89.7 cm³/mol. The van der Waals surface area contributed by atoms with Crippen LogP contribution in [0.15, 0.2) is 24.7 Å². The molecule has 1 fully saturated rings. The Hall–Kier alpha value is -2.70. The van der Waals surface area contributed by atoms with Crippen molar-refractivity contribution in [2.24, 2.45) is 0 Å². The molecule has 5 nitrogen and oxygen atoms in total. The molecule has 3 aromatic rings. The van der Waals surface area contributed by atoms with Crippen LogP contribution in [-0.4, -0.2) is 25.5 Å². The molecule has 2 aliphatic carbocycles. The fraction of sp³-hybridized carbons (Fsp3) is 0.368. The molecule has 1 saturated carbocycles. The normalized spacial score (nSPS) is 20.2. The lowest BCUT2D eigenvalue weighted by Gasteiger charge is -2.18. The van der Waals surface area contributed by atoms with Gasteiger partial charge in [-0.3, -0.25) is 9.48 Å². The Morgan fingerprint density at radius 3 is 2.77 bits per heavy atom. The molecule has 0 saturated heterocycles. The summed E-state index contributed by atoms with van der Waals surface area (Å²) < 4.78 is 30.0. The molecule has 0 amide bonds. The van der Waals surface area contributed by atoms with Gasteiger partial charge in [0.25, 0.3) is 0 Å². The van der Waals surface area contributed by atoms with Crippen LogP contribution in [0, 0.1) is 11.6 Å². The number of halogens is 2. The number of carbonyl (C=O) groups excluding carboxylic acids is 1. The highest BCUT2D eigenvalue weighted by Crippen LogP contribution is 2.42. The first-order valence-corrected chi connectivity index (χ1v) is 8.82. The van der Waals surface area contributed by atoms with E-state index in [0.717, 1.165) is 31.7 Å². The van der Waals surface area contributed by atoms with Gasteiger partial charge in [0.2, 0.25) is 0 Å². The molecule has 0 N–H and O–H groups in total. The maximum absolute atomic E-state index is 14.2. The maximum atomic E-state index is 14.2. The average Bonchev–Trinajstić information content (AvgIpc) is 3.31. The zero-order valence-electron chi connectivity index (χ0n) is 14.0. The van der Waals surface area contributed by atoms with Crippen LogP contribution in [0.1, 0.15) is 54.5 Å². The van der Waals surface area contributed by atoms with Crippen LogP contribution in [-0.2, 0) is 11.2 Å². The Bertz CT molecular complexity index is 1040. The number of aromatic nitrogens is 4. The van der Waals surface area contributed by atoms with Gasteiger partial charge in [-0.1, -0.05) is 12.8 Å². The van der Waals surface area contributed by atoms with Crippen molar-refractivity contribution in [2.45, 2.75) is 44.1 Å². The highest BCUT2D eigenvalue weighted by atomic mass is 19.1. The summed E-state index contributed by atoms with van der Waals surface area (Å²) in [4.78, 5) is 21.1. The lowest BCUT2D eigenvalue weighted by molar-refractivity contribution is -0.118. The van der Waals surface area contributed by atoms with Gasteiger partial charge in [0.1, 0.15) is 18.0 Å².